The second-order valence-corrected chi connectivity index (χ2v) is 8.10. The maximum absolute atomic E-state index is 13.4. The van der Waals surface area contributed by atoms with Crippen LogP contribution in [0.2, 0.25) is 0 Å². The first-order chi connectivity index (χ1) is 14.1. The maximum atomic E-state index is 13.4. The average Bonchev–Trinajstić information content (AvgIpc) is 3.44. The van der Waals surface area contributed by atoms with Crippen molar-refractivity contribution in [2.24, 2.45) is 5.41 Å². The fraction of sp³-hybridized carbons (Fsp3) is 0.600. The van der Waals surface area contributed by atoms with Gasteiger partial charge in [-0.15, -0.1) is 0 Å². The largest absolute Gasteiger partial charge is 0.355 e. The summed E-state index contributed by atoms with van der Waals surface area (Å²) in [5.74, 6) is 0.299. The number of likely N-dealkylation sites (tertiary alicyclic amines) is 2. The van der Waals surface area contributed by atoms with Crippen molar-refractivity contribution in [2.75, 3.05) is 33.2 Å². The molecule has 4 heterocycles. The van der Waals surface area contributed by atoms with Gasteiger partial charge in [0.05, 0.1) is 11.5 Å². The number of aromatic amines is 1. The van der Waals surface area contributed by atoms with Crippen LogP contribution in [-0.4, -0.2) is 80.6 Å². The molecule has 0 aliphatic carbocycles. The van der Waals surface area contributed by atoms with Gasteiger partial charge in [0.2, 0.25) is 5.91 Å². The summed E-state index contributed by atoms with van der Waals surface area (Å²) in [6.45, 7) is 3.60. The first kappa shape index (κ1) is 19.6. The summed E-state index contributed by atoms with van der Waals surface area (Å²) in [4.78, 5) is 37.5. The van der Waals surface area contributed by atoms with Gasteiger partial charge in [0.15, 0.2) is 5.82 Å². The number of hydrogen-bond donors (Lipinski definition) is 2. The molecule has 0 aromatic carbocycles. The van der Waals surface area contributed by atoms with E-state index in [0.29, 0.717) is 25.5 Å². The van der Waals surface area contributed by atoms with E-state index in [4.69, 9.17) is 0 Å². The van der Waals surface area contributed by atoms with Gasteiger partial charge in [0.25, 0.3) is 5.91 Å². The molecule has 0 radical (unpaired) electrons. The fourth-order valence-electron chi connectivity index (χ4n) is 4.72. The molecule has 2 aliphatic rings. The maximum Gasteiger partial charge on any atom is 0.289 e. The molecule has 156 valence electrons. The predicted octanol–water partition coefficient (Wildman–Crippen LogP) is 0.739. The summed E-state index contributed by atoms with van der Waals surface area (Å²) in [5.41, 5.74) is -0.529. The average molecular weight is 399 g/mol. The first-order valence-corrected chi connectivity index (χ1v) is 10.3. The zero-order valence-corrected chi connectivity index (χ0v) is 16.9. The van der Waals surface area contributed by atoms with Crippen LogP contribution >= 0.6 is 0 Å². The molecule has 2 amide bonds. The van der Waals surface area contributed by atoms with Gasteiger partial charge in [-0.3, -0.25) is 14.3 Å². The van der Waals surface area contributed by atoms with Crippen LogP contribution in [0.5, 0.6) is 0 Å². The van der Waals surface area contributed by atoms with E-state index >= 15 is 0 Å². The molecule has 2 aromatic rings. The van der Waals surface area contributed by atoms with E-state index in [1.807, 2.05) is 21.8 Å². The third kappa shape index (κ3) is 3.91. The van der Waals surface area contributed by atoms with E-state index in [2.05, 4.69) is 32.3 Å². The van der Waals surface area contributed by atoms with Gasteiger partial charge >= 0.3 is 0 Å². The number of likely N-dealkylation sites (N-methyl/N-ethyl adjacent to an activating group) is 1. The molecule has 2 aliphatic heterocycles. The highest BCUT2D eigenvalue weighted by Crippen LogP contribution is 2.42. The second kappa shape index (κ2) is 8.36. The van der Waals surface area contributed by atoms with Gasteiger partial charge in [0.1, 0.15) is 0 Å². The van der Waals surface area contributed by atoms with Crippen molar-refractivity contribution in [1.29, 1.82) is 0 Å². The third-order valence-corrected chi connectivity index (χ3v) is 6.28. The number of hydrogen-bond acceptors (Lipinski definition) is 5. The van der Waals surface area contributed by atoms with Crippen molar-refractivity contribution < 1.29 is 9.59 Å². The fourth-order valence-corrected chi connectivity index (χ4v) is 4.72. The number of fused-ring (bicyclic) bond motifs is 1. The summed E-state index contributed by atoms with van der Waals surface area (Å²) in [5, 5.41) is 7.35. The minimum atomic E-state index is -0.529. The highest BCUT2D eigenvalue weighted by atomic mass is 16.2. The summed E-state index contributed by atoms with van der Waals surface area (Å²) < 4.78 is 1.87. The van der Waals surface area contributed by atoms with E-state index in [1.54, 1.807) is 18.6 Å². The molecule has 0 spiro atoms. The predicted molar refractivity (Wildman–Crippen MR) is 107 cm³/mol. The standard InChI is InChI=1S/C20H29N7O2/c1-25-14-6-20(19(29)23-7-3-11-26-12-4-8-24-26)5-2-13-27(16(20)15-25)18(28)17-21-9-10-22-17/h4,8-10,12,16H,2-3,5-7,11,13-15H2,1H3,(H,21,22)(H,23,29)/t16-,20+/m0/s1. The molecule has 29 heavy (non-hydrogen) atoms. The van der Waals surface area contributed by atoms with Gasteiger partial charge in [-0.25, -0.2) is 4.98 Å². The normalized spacial score (nSPS) is 24.9. The molecule has 9 heteroatoms. The number of H-pyrrole nitrogens is 1. The minimum Gasteiger partial charge on any atom is -0.355 e. The van der Waals surface area contributed by atoms with Crippen molar-refractivity contribution >= 4 is 11.8 Å². The number of aromatic nitrogens is 4. The molecule has 0 unspecified atom stereocenters. The quantitative estimate of drug-likeness (QED) is 0.698. The van der Waals surface area contributed by atoms with Gasteiger partial charge in [0, 0.05) is 51.0 Å². The number of imidazole rings is 1. The van der Waals surface area contributed by atoms with E-state index in [9.17, 15) is 9.59 Å². The number of rotatable bonds is 6. The van der Waals surface area contributed by atoms with Crippen LogP contribution in [0.3, 0.4) is 0 Å². The smallest absolute Gasteiger partial charge is 0.289 e. The van der Waals surface area contributed by atoms with Crippen LogP contribution in [-0.2, 0) is 11.3 Å². The van der Waals surface area contributed by atoms with Crippen molar-refractivity contribution in [1.82, 2.24) is 34.9 Å². The van der Waals surface area contributed by atoms with Crippen LogP contribution in [0, 0.1) is 5.41 Å². The van der Waals surface area contributed by atoms with Crippen molar-refractivity contribution in [3.8, 4) is 0 Å². The van der Waals surface area contributed by atoms with Crippen LogP contribution in [0.4, 0.5) is 0 Å². The number of aryl methyl sites for hydroxylation is 1. The summed E-state index contributed by atoms with van der Waals surface area (Å²) in [6, 6.07) is 1.76. The SMILES string of the molecule is CN1CC[C@]2(C(=O)NCCCn3cccn3)CCCN(C(=O)c3ncc[nH]3)[C@H]2C1. The van der Waals surface area contributed by atoms with Crippen LogP contribution in [0.15, 0.2) is 30.9 Å². The van der Waals surface area contributed by atoms with Crippen molar-refractivity contribution in [3.63, 3.8) is 0 Å². The van der Waals surface area contributed by atoms with Gasteiger partial charge < -0.3 is 20.1 Å². The topological polar surface area (TPSA) is 99.2 Å². The molecule has 4 rings (SSSR count). The van der Waals surface area contributed by atoms with Gasteiger partial charge in [-0.2, -0.15) is 5.10 Å². The lowest BCUT2D eigenvalue weighted by Gasteiger charge is -2.53. The Balaban J connectivity index is 1.46. The Hall–Kier alpha value is -2.68. The molecule has 2 saturated heterocycles. The molecular formula is C20H29N7O2. The molecule has 2 atom stereocenters. The monoisotopic (exact) mass is 399 g/mol. The van der Waals surface area contributed by atoms with E-state index < -0.39 is 5.41 Å². The Bertz CT molecular complexity index is 820. The Labute approximate surface area is 170 Å². The van der Waals surface area contributed by atoms with E-state index in [1.165, 1.54) is 0 Å². The number of amides is 2. The van der Waals surface area contributed by atoms with Crippen LogP contribution in [0.25, 0.3) is 0 Å². The zero-order chi connectivity index (χ0) is 20.3. The highest BCUT2D eigenvalue weighted by Gasteiger charge is 2.53. The lowest BCUT2D eigenvalue weighted by Crippen LogP contribution is -2.66. The molecule has 0 bridgehead atoms. The molecule has 2 aromatic heterocycles. The number of nitrogens with zero attached hydrogens (tertiary/aromatic N) is 5. The number of nitrogens with one attached hydrogen (secondary N) is 2. The van der Waals surface area contributed by atoms with Crippen LogP contribution in [0.1, 0.15) is 36.3 Å². The number of carbonyl (C=O) groups excluding carboxylic acids is 2. The van der Waals surface area contributed by atoms with Gasteiger partial charge in [-0.1, -0.05) is 0 Å². The van der Waals surface area contributed by atoms with E-state index in [0.717, 1.165) is 38.8 Å². The Morgan fingerprint density at radius 3 is 2.97 bits per heavy atom. The third-order valence-electron chi connectivity index (χ3n) is 6.28. The van der Waals surface area contributed by atoms with Gasteiger partial charge in [-0.05, 0) is 45.3 Å². The minimum absolute atomic E-state index is 0.0769. The summed E-state index contributed by atoms with van der Waals surface area (Å²) in [7, 11) is 2.05. The van der Waals surface area contributed by atoms with E-state index in [-0.39, 0.29) is 17.9 Å². The zero-order valence-electron chi connectivity index (χ0n) is 16.9. The molecule has 0 saturated carbocycles. The Kier molecular flexibility index (Phi) is 5.66. The molecular weight excluding hydrogens is 370 g/mol. The van der Waals surface area contributed by atoms with Crippen molar-refractivity contribution in [2.45, 2.75) is 38.3 Å². The highest BCUT2D eigenvalue weighted by molar-refractivity contribution is 5.92. The Morgan fingerprint density at radius 2 is 2.21 bits per heavy atom. The first-order valence-electron chi connectivity index (χ1n) is 10.3. The second-order valence-electron chi connectivity index (χ2n) is 8.10. The van der Waals surface area contributed by atoms with Crippen molar-refractivity contribution in [3.05, 3.63) is 36.7 Å². The summed E-state index contributed by atoms with van der Waals surface area (Å²) in [6.07, 6.45) is 10.2. The molecule has 2 fully saturated rings. The Morgan fingerprint density at radius 1 is 1.31 bits per heavy atom. The number of piperidine rings is 2. The molecule has 9 nitrogen and oxygen atoms in total. The molecule has 2 N–H and O–H groups in total. The van der Waals surface area contributed by atoms with Crippen LogP contribution < -0.4 is 5.32 Å². The lowest BCUT2D eigenvalue weighted by atomic mass is 9.67. The number of carbonyl (C=O) groups is 2. The summed E-state index contributed by atoms with van der Waals surface area (Å²) >= 11 is 0. The lowest BCUT2D eigenvalue weighted by molar-refractivity contribution is -0.142.